The van der Waals surface area contributed by atoms with Gasteiger partial charge in [-0.3, -0.25) is 9.59 Å². The van der Waals surface area contributed by atoms with Crippen molar-refractivity contribution in [1.29, 1.82) is 0 Å². The second-order valence-corrected chi connectivity index (χ2v) is 5.56. The number of nitrogens with zero attached hydrogens (tertiary/aromatic N) is 1. The smallest absolute Gasteiger partial charge is 0.260 e. The molecule has 23 heavy (non-hydrogen) atoms. The molecule has 1 aliphatic heterocycles. The molecule has 0 aliphatic carbocycles. The van der Waals surface area contributed by atoms with Crippen molar-refractivity contribution in [1.82, 2.24) is 10.2 Å². The van der Waals surface area contributed by atoms with Crippen LogP contribution in [-0.4, -0.2) is 36.4 Å². The van der Waals surface area contributed by atoms with Crippen LogP contribution >= 0.6 is 11.6 Å². The number of fused-ring (bicyclic) bond motifs is 1. The molecule has 0 spiro atoms. The molecular formula is C16H15ClN2O4. The fourth-order valence-electron chi connectivity index (χ4n) is 2.34. The predicted octanol–water partition coefficient (Wildman–Crippen LogP) is 2.08. The number of carbonyl (C=O) groups is 2. The quantitative estimate of drug-likeness (QED) is 0.929. The van der Waals surface area contributed by atoms with Gasteiger partial charge < -0.3 is 19.4 Å². The lowest BCUT2D eigenvalue weighted by molar-refractivity contribution is -0.133. The third-order valence-corrected chi connectivity index (χ3v) is 3.77. The van der Waals surface area contributed by atoms with Crippen LogP contribution in [0.3, 0.4) is 0 Å². The number of hydrogen-bond acceptors (Lipinski definition) is 4. The monoisotopic (exact) mass is 334 g/mol. The standard InChI is InChI=1S/C16H15ClN2O4/c17-13-1-2-14-12(7-13)8-19(15(20)10-23-14)5-4-18-16(21)11-3-6-22-9-11/h1-3,6-7,9H,4-5,8,10H2,(H,18,21). The molecule has 0 fully saturated rings. The van der Waals surface area contributed by atoms with E-state index in [4.69, 9.17) is 20.8 Å². The zero-order valence-corrected chi connectivity index (χ0v) is 13.0. The van der Waals surface area contributed by atoms with Crippen LogP contribution in [0.1, 0.15) is 15.9 Å². The molecule has 1 N–H and O–H groups in total. The molecular weight excluding hydrogens is 320 g/mol. The minimum absolute atomic E-state index is 0.0235. The number of ether oxygens (including phenoxy) is 1. The van der Waals surface area contributed by atoms with E-state index in [1.165, 1.54) is 12.5 Å². The minimum atomic E-state index is -0.235. The van der Waals surface area contributed by atoms with E-state index in [9.17, 15) is 9.59 Å². The number of nitrogens with one attached hydrogen (secondary N) is 1. The maximum Gasteiger partial charge on any atom is 0.260 e. The van der Waals surface area contributed by atoms with Crippen LogP contribution in [0.25, 0.3) is 0 Å². The SMILES string of the molecule is O=C(NCCN1Cc2cc(Cl)ccc2OCC1=O)c1ccoc1. The van der Waals surface area contributed by atoms with Crippen molar-refractivity contribution in [3.8, 4) is 5.75 Å². The van der Waals surface area contributed by atoms with Crippen molar-refractivity contribution < 1.29 is 18.7 Å². The number of rotatable bonds is 4. The normalized spacial score (nSPS) is 14.0. The van der Waals surface area contributed by atoms with Gasteiger partial charge in [-0.1, -0.05) is 11.6 Å². The third kappa shape index (κ3) is 3.65. The lowest BCUT2D eigenvalue weighted by Crippen LogP contribution is -2.39. The molecule has 0 unspecified atom stereocenters. The Balaban J connectivity index is 1.60. The van der Waals surface area contributed by atoms with Gasteiger partial charge in [-0.15, -0.1) is 0 Å². The van der Waals surface area contributed by atoms with Gasteiger partial charge in [-0.05, 0) is 24.3 Å². The van der Waals surface area contributed by atoms with E-state index in [0.29, 0.717) is 36.0 Å². The Kier molecular flexibility index (Phi) is 4.52. The highest BCUT2D eigenvalue weighted by molar-refractivity contribution is 6.30. The lowest BCUT2D eigenvalue weighted by atomic mass is 10.2. The number of halogens is 1. The summed E-state index contributed by atoms with van der Waals surface area (Å²) in [5, 5.41) is 3.34. The van der Waals surface area contributed by atoms with Gasteiger partial charge in [0.2, 0.25) is 0 Å². The summed E-state index contributed by atoms with van der Waals surface area (Å²) in [7, 11) is 0. The molecule has 7 heteroatoms. The number of benzene rings is 1. The maximum absolute atomic E-state index is 12.1. The molecule has 0 saturated carbocycles. The van der Waals surface area contributed by atoms with Crippen molar-refractivity contribution in [3.63, 3.8) is 0 Å². The molecule has 1 aliphatic rings. The van der Waals surface area contributed by atoms with E-state index in [0.717, 1.165) is 5.56 Å². The molecule has 1 aromatic carbocycles. The Labute approximate surface area is 138 Å². The van der Waals surface area contributed by atoms with E-state index >= 15 is 0 Å². The highest BCUT2D eigenvalue weighted by atomic mass is 35.5. The van der Waals surface area contributed by atoms with E-state index < -0.39 is 0 Å². The van der Waals surface area contributed by atoms with E-state index in [2.05, 4.69) is 5.32 Å². The van der Waals surface area contributed by atoms with Gasteiger partial charge in [-0.2, -0.15) is 0 Å². The van der Waals surface area contributed by atoms with E-state index in [-0.39, 0.29) is 18.4 Å². The molecule has 0 atom stereocenters. The van der Waals surface area contributed by atoms with E-state index in [1.807, 2.05) is 0 Å². The van der Waals surface area contributed by atoms with Gasteiger partial charge in [0, 0.05) is 30.2 Å². The topological polar surface area (TPSA) is 71.8 Å². The first-order chi connectivity index (χ1) is 11.1. The summed E-state index contributed by atoms with van der Waals surface area (Å²) < 4.78 is 10.3. The van der Waals surface area contributed by atoms with Gasteiger partial charge in [-0.25, -0.2) is 0 Å². The zero-order chi connectivity index (χ0) is 16.2. The Morgan fingerprint density at radius 2 is 2.22 bits per heavy atom. The highest BCUT2D eigenvalue weighted by Gasteiger charge is 2.21. The van der Waals surface area contributed by atoms with Crippen LogP contribution in [0.15, 0.2) is 41.2 Å². The molecule has 3 rings (SSSR count). The van der Waals surface area contributed by atoms with Gasteiger partial charge in [0.1, 0.15) is 12.0 Å². The van der Waals surface area contributed by atoms with Crippen molar-refractivity contribution in [2.75, 3.05) is 19.7 Å². The Morgan fingerprint density at radius 3 is 3.00 bits per heavy atom. The average Bonchev–Trinajstić information content (AvgIpc) is 3.02. The number of hydrogen-bond donors (Lipinski definition) is 1. The van der Waals surface area contributed by atoms with Crippen LogP contribution in [0.5, 0.6) is 5.75 Å². The highest BCUT2D eigenvalue weighted by Crippen LogP contribution is 2.26. The Hall–Kier alpha value is -2.47. The van der Waals surface area contributed by atoms with Crippen molar-refractivity contribution >= 4 is 23.4 Å². The summed E-state index contributed by atoms with van der Waals surface area (Å²) >= 11 is 5.99. The molecule has 6 nitrogen and oxygen atoms in total. The first kappa shape index (κ1) is 15.4. The van der Waals surface area contributed by atoms with Crippen LogP contribution in [0.4, 0.5) is 0 Å². The molecule has 2 aromatic rings. The first-order valence-electron chi connectivity index (χ1n) is 7.13. The summed E-state index contributed by atoms with van der Waals surface area (Å²) in [6, 6.07) is 6.85. The summed E-state index contributed by atoms with van der Waals surface area (Å²) in [4.78, 5) is 25.6. The lowest BCUT2D eigenvalue weighted by Gasteiger charge is -2.20. The second kappa shape index (κ2) is 6.75. The summed E-state index contributed by atoms with van der Waals surface area (Å²) in [6.45, 7) is 1.10. The van der Waals surface area contributed by atoms with Gasteiger partial charge >= 0.3 is 0 Å². The minimum Gasteiger partial charge on any atom is -0.483 e. The van der Waals surface area contributed by atoms with Gasteiger partial charge in [0.05, 0.1) is 11.8 Å². The molecule has 0 saturated heterocycles. The molecule has 0 bridgehead atoms. The summed E-state index contributed by atoms with van der Waals surface area (Å²) in [6.07, 6.45) is 2.81. The molecule has 2 heterocycles. The zero-order valence-electron chi connectivity index (χ0n) is 12.3. The third-order valence-electron chi connectivity index (χ3n) is 3.54. The second-order valence-electron chi connectivity index (χ2n) is 5.12. The fourth-order valence-corrected chi connectivity index (χ4v) is 2.54. The van der Waals surface area contributed by atoms with Gasteiger partial charge in [0.15, 0.2) is 6.61 Å². The van der Waals surface area contributed by atoms with Crippen LogP contribution in [0.2, 0.25) is 5.02 Å². The Morgan fingerprint density at radius 1 is 1.35 bits per heavy atom. The maximum atomic E-state index is 12.1. The molecule has 2 amide bonds. The average molecular weight is 335 g/mol. The number of carbonyl (C=O) groups excluding carboxylic acids is 2. The van der Waals surface area contributed by atoms with Crippen LogP contribution < -0.4 is 10.1 Å². The predicted molar refractivity (Wildman–Crippen MR) is 83.4 cm³/mol. The van der Waals surface area contributed by atoms with Crippen LogP contribution in [-0.2, 0) is 11.3 Å². The number of amides is 2. The molecule has 0 radical (unpaired) electrons. The van der Waals surface area contributed by atoms with Crippen molar-refractivity contribution in [2.24, 2.45) is 0 Å². The van der Waals surface area contributed by atoms with Crippen molar-refractivity contribution in [3.05, 3.63) is 52.9 Å². The van der Waals surface area contributed by atoms with E-state index in [1.54, 1.807) is 29.2 Å². The van der Waals surface area contributed by atoms with Gasteiger partial charge in [0.25, 0.3) is 11.8 Å². The Bertz CT molecular complexity index is 715. The van der Waals surface area contributed by atoms with Crippen LogP contribution in [0, 0.1) is 0 Å². The fraction of sp³-hybridized carbons (Fsp3) is 0.250. The van der Waals surface area contributed by atoms with Crippen molar-refractivity contribution in [2.45, 2.75) is 6.54 Å². The molecule has 120 valence electrons. The largest absolute Gasteiger partial charge is 0.483 e. The molecule has 1 aromatic heterocycles. The summed E-state index contributed by atoms with van der Waals surface area (Å²) in [5.41, 5.74) is 1.30. The first-order valence-corrected chi connectivity index (χ1v) is 7.50. The summed E-state index contributed by atoms with van der Waals surface area (Å²) in [5.74, 6) is 0.295. The number of furan rings is 1.